The highest BCUT2D eigenvalue weighted by atomic mass is 32.1. The van der Waals surface area contributed by atoms with Gasteiger partial charge in [-0.3, -0.25) is 9.36 Å². The third-order valence-electron chi connectivity index (χ3n) is 4.07. The molecule has 3 rings (SSSR count). The maximum Gasteiger partial charge on any atom is 0.269 e. The topological polar surface area (TPSA) is 69.3 Å². The van der Waals surface area contributed by atoms with Crippen LogP contribution in [0.2, 0.25) is 0 Å². The summed E-state index contributed by atoms with van der Waals surface area (Å²) >= 11 is 6.67. The van der Waals surface area contributed by atoms with Crippen LogP contribution in [-0.4, -0.2) is 17.1 Å². The lowest BCUT2D eigenvalue weighted by atomic mass is 10.1. The Bertz CT molecular complexity index is 1040. The van der Waals surface area contributed by atoms with E-state index in [1.807, 2.05) is 45.0 Å². The van der Waals surface area contributed by atoms with E-state index in [-0.39, 0.29) is 5.91 Å². The largest absolute Gasteiger partial charge is 0.494 e. The highest BCUT2D eigenvalue weighted by Crippen LogP contribution is 2.29. The molecule has 0 bridgehead atoms. The Morgan fingerprint density at radius 1 is 1.22 bits per heavy atom. The fourth-order valence-electron chi connectivity index (χ4n) is 2.82. The molecule has 0 saturated carbocycles. The van der Waals surface area contributed by atoms with Gasteiger partial charge < -0.3 is 15.8 Å². The third-order valence-corrected chi connectivity index (χ3v) is 5.46. The van der Waals surface area contributed by atoms with E-state index < -0.39 is 0 Å². The van der Waals surface area contributed by atoms with E-state index in [9.17, 15) is 4.79 Å². The number of carbonyl (C=O) groups excluding carboxylic acids is 1. The fraction of sp³-hybridized carbons (Fsp3) is 0.200. The van der Waals surface area contributed by atoms with Crippen LogP contribution in [0.5, 0.6) is 5.75 Å². The van der Waals surface area contributed by atoms with E-state index in [0.717, 1.165) is 22.6 Å². The van der Waals surface area contributed by atoms with E-state index in [1.165, 1.54) is 11.3 Å². The molecule has 1 aromatic heterocycles. The van der Waals surface area contributed by atoms with Crippen LogP contribution in [0.25, 0.3) is 5.69 Å². The monoisotopic (exact) mass is 399 g/mol. The molecule has 0 aliphatic carbocycles. The second-order valence-corrected chi connectivity index (χ2v) is 7.76. The van der Waals surface area contributed by atoms with Crippen LogP contribution < -0.4 is 15.8 Å². The third kappa shape index (κ3) is 4.04. The standard InChI is InChI=1S/C20H21N3O2S2/c1-4-25-15-8-6-14(7-9-15)22-19(24)17-18(21)23(20(26)27-17)16-10-5-12(2)11-13(16)3/h5-11H,4,21H2,1-3H3,(H,22,24). The average molecular weight is 400 g/mol. The smallest absolute Gasteiger partial charge is 0.269 e. The molecule has 0 saturated heterocycles. The first-order valence-electron chi connectivity index (χ1n) is 8.54. The fourth-order valence-corrected chi connectivity index (χ4v) is 4.07. The number of ether oxygens (including phenoxy) is 1. The zero-order valence-corrected chi connectivity index (χ0v) is 17.0. The van der Waals surface area contributed by atoms with Crippen molar-refractivity contribution in [2.24, 2.45) is 0 Å². The molecular weight excluding hydrogens is 378 g/mol. The number of nitrogens with zero attached hydrogens (tertiary/aromatic N) is 1. The van der Waals surface area contributed by atoms with E-state index >= 15 is 0 Å². The van der Waals surface area contributed by atoms with Gasteiger partial charge in [-0.15, -0.1) is 0 Å². The minimum atomic E-state index is -0.281. The molecule has 0 atom stereocenters. The molecule has 140 valence electrons. The van der Waals surface area contributed by atoms with Crippen molar-refractivity contribution in [2.75, 3.05) is 17.7 Å². The van der Waals surface area contributed by atoms with Crippen molar-refractivity contribution in [2.45, 2.75) is 20.8 Å². The quantitative estimate of drug-likeness (QED) is 0.584. The number of nitrogens with two attached hydrogens (primary N) is 1. The molecule has 0 fully saturated rings. The summed E-state index contributed by atoms with van der Waals surface area (Å²) in [6.45, 7) is 6.55. The molecule has 1 amide bonds. The summed E-state index contributed by atoms with van der Waals surface area (Å²) in [5, 5.41) is 2.86. The Labute approximate surface area is 167 Å². The Morgan fingerprint density at radius 3 is 2.56 bits per heavy atom. The maximum absolute atomic E-state index is 12.7. The molecule has 3 N–H and O–H groups in total. The van der Waals surface area contributed by atoms with Gasteiger partial charge in [0.25, 0.3) is 5.91 Å². The summed E-state index contributed by atoms with van der Waals surface area (Å²) in [7, 11) is 0. The molecule has 0 radical (unpaired) electrons. The van der Waals surface area contributed by atoms with Gasteiger partial charge in [0.2, 0.25) is 0 Å². The number of carbonyl (C=O) groups is 1. The predicted molar refractivity (Wildman–Crippen MR) is 114 cm³/mol. The number of aromatic nitrogens is 1. The molecule has 1 heterocycles. The predicted octanol–water partition coefficient (Wildman–Crippen LogP) is 5.12. The van der Waals surface area contributed by atoms with Crippen LogP contribution in [0.3, 0.4) is 0 Å². The first-order chi connectivity index (χ1) is 12.9. The second-order valence-electron chi connectivity index (χ2n) is 6.12. The summed E-state index contributed by atoms with van der Waals surface area (Å²) < 4.78 is 7.70. The lowest BCUT2D eigenvalue weighted by Gasteiger charge is -2.11. The van der Waals surface area contributed by atoms with Gasteiger partial charge in [-0.25, -0.2) is 0 Å². The van der Waals surface area contributed by atoms with E-state index in [0.29, 0.717) is 26.9 Å². The molecule has 3 aromatic rings. The van der Waals surface area contributed by atoms with Crippen molar-refractivity contribution >= 4 is 41.0 Å². The zero-order chi connectivity index (χ0) is 19.6. The lowest BCUT2D eigenvalue weighted by Crippen LogP contribution is -2.13. The van der Waals surface area contributed by atoms with Crippen LogP contribution in [-0.2, 0) is 0 Å². The minimum Gasteiger partial charge on any atom is -0.494 e. The van der Waals surface area contributed by atoms with E-state index in [1.54, 1.807) is 16.7 Å². The number of aryl methyl sites for hydroxylation is 2. The number of thiazole rings is 1. The number of hydrogen-bond donors (Lipinski definition) is 2. The van der Waals surface area contributed by atoms with Crippen molar-refractivity contribution in [3.8, 4) is 11.4 Å². The number of anilines is 2. The Hall–Kier alpha value is -2.64. The molecular formula is C20H21N3O2S2. The van der Waals surface area contributed by atoms with Crippen LogP contribution in [0, 0.1) is 17.8 Å². The van der Waals surface area contributed by atoms with Gasteiger partial charge in [-0.05, 0) is 68.9 Å². The first kappa shape index (κ1) is 19.1. The molecule has 0 spiro atoms. The van der Waals surface area contributed by atoms with Crippen LogP contribution in [0.15, 0.2) is 42.5 Å². The van der Waals surface area contributed by atoms with Crippen molar-refractivity contribution in [3.05, 3.63) is 62.4 Å². The molecule has 0 aliphatic heterocycles. The molecule has 0 aliphatic rings. The normalized spacial score (nSPS) is 10.6. The van der Waals surface area contributed by atoms with Gasteiger partial charge in [0.15, 0.2) is 3.95 Å². The summed E-state index contributed by atoms with van der Waals surface area (Å²) in [4.78, 5) is 13.1. The van der Waals surface area contributed by atoms with Crippen LogP contribution in [0.4, 0.5) is 11.5 Å². The molecule has 2 aromatic carbocycles. The van der Waals surface area contributed by atoms with Gasteiger partial charge in [0.1, 0.15) is 16.4 Å². The highest BCUT2D eigenvalue weighted by molar-refractivity contribution is 7.73. The van der Waals surface area contributed by atoms with Crippen molar-refractivity contribution < 1.29 is 9.53 Å². The second kappa shape index (κ2) is 7.94. The zero-order valence-electron chi connectivity index (χ0n) is 15.4. The first-order valence-corrected chi connectivity index (χ1v) is 9.76. The Morgan fingerprint density at radius 2 is 1.93 bits per heavy atom. The van der Waals surface area contributed by atoms with E-state index in [4.69, 9.17) is 22.7 Å². The Balaban J connectivity index is 1.89. The van der Waals surface area contributed by atoms with Crippen LogP contribution >= 0.6 is 23.6 Å². The number of amides is 1. The summed E-state index contributed by atoms with van der Waals surface area (Å²) in [5.41, 5.74) is 10.1. The summed E-state index contributed by atoms with van der Waals surface area (Å²) in [6, 6.07) is 13.2. The molecule has 7 heteroatoms. The highest BCUT2D eigenvalue weighted by Gasteiger charge is 2.19. The van der Waals surface area contributed by atoms with E-state index in [2.05, 4.69) is 11.4 Å². The minimum absolute atomic E-state index is 0.281. The van der Waals surface area contributed by atoms with Gasteiger partial charge in [0, 0.05) is 5.69 Å². The van der Waals surface area contributed by atoms with Crippen molar-refractivity contribution in [1.82, 2.24) is 4.57 Å². The number of rotatable bonds is 5. The van der Waals surface area contributed by atoms with Gasteiger partial charge in [0.05, 0.1) is 12.3 Å². The van der Waals surface area contributed by atoms with Crippen LogP contribution in [0.1, 0.15) is 27.7 Å². The summed E-state index contributed by atoms with van der Waals surface area (Å²) in [6.07, 6.45) is 0. The van der Waals surface area contributed by atoms with Gasteiger partial charge in [-0.1, -0.05) is 29.0 Å². The van der Waals surface area contributed by atoms with Crippen molar-refractivity contribution in [1.29, 1.82) is 0 Å². The Kier molecular flexibility index (Phi) is 5.62. The van der Waals surface area contributed by atoms with Crippen molar-refractivity contribution in [3.63, 3.8) is 0 Å². The maximum atomic E-state index is 12.7. The SMILES string of the molecule is CCOc1ccc(NC(=O)c2sc(=S)n(-c3ccc(C)cc3C)c2N)cc1. The number of benzene rings is 2. The molecule has 27 heavy (non-hydrogen) atoms. The number of nitrogen functional groups attached to an aromatic ring is 1. The van der Waals surface area contributed by atoms with Gasteiger partial charge in [-0.2, -0.15) is 0 Å². The average Bonchev–Trinajstić information content (AvgIpc) is 2.92. The number of hydrogen-bond acceptors (Lipinski definition) is 5. The summed E-state index contributed by atoms with van der Waals surface area (Å²) in [5.74, 6) is 0.823. The lowest BCUT2D eigenvalue weighted by molar-refractivity contribution is 0.103. The molecule has 5 nitrogen and oxygen atoms in total. The number of nitrogens with one attached hydrogen (secondary N) is 1. The van der Waals surface area contributed by atoms with Gasteiger partial charge >= 0.3 is 0 Å². The molecule has 0 unspecified atom stereocenters.